The van der Waals surface area contributed by atoms with E-state index >= 15 is 0 Å². The fourth-order valence-corrected chi connectivity index (χ4v) is 6.30. The maximum absolute atomic E-state index is 13.7. The number of anilines is 1. The number of furan rings is 1. The molecule has 0 saturated carbocycles. The number of hydrogen-bond donors (Lipinski definition) is 2. The second-order valence-electron chi connectivity index (χ2n) is 8.86. The van der Waals surface area contributed by atoms with Gasteiger partial charge in [-0.25, -0.2) is 8.42 Å². The number of nitrogens with one attached hydrogen (secondary N) is 1. The lowest BCUT2D eigenvalue weighted by atomic mass is 9.84. The van der Waals surface area contributed by atoms with Crippen molar-refractivity contribution in [1.82, 2.24) is 0 Å². The lowest BCUT2D eigenvalue weighted by Gasteiger charge is -2.23. The molecule has 6 aromatic rings. The van der Waals surface area contributed by atoms with Gasteiger partial charge >= 0.3 is 0 Å². The third kappa shape index (κ3) is 4.39. The highest BCUT2D eigenvalue weighted by Gasteiger charge is 2.25. The van der Waals surface area contributed by atoms with E-state index in [1.165, 1.54) is 0 Å². The van der Waals surface area contributed by atoms with Crippen LogP contribution in [0.3, 0.4) is 0 Å². The molecule has 5 aromatic carbocycles. The number of hydrogen-bond acceptors (Lipinski definition) is 4. The van der Waals surface area contributed by atoms with Crippen molar-refractivity contribution >= 4 is 50.3 Å². The molecular formula is C31H23NO3S2. The van der Waals surface area contributed by atoms with Gasteiger partial charge in [0.05, 0.1) is 10.6 Å². The Balaban J connectivity index is 1.47. The molecular weight excluding hydrogens is 498 g/mol. The Morgan fingerprint density at radius 2 is 1.27 bits per heavy atom. The van der Waals surface area contributed by atoms with Gasteiger partial charge < -0.3 is 4.42 Å². The Morgan fingerprint density at radius 3 is 1.97 bits per heavy atom. The van der Waals surface area contributed by atoms with Crippen molar-refractivity contribution < 1.29 is 12.8 Å². The molecule has 1 heterocycles. The SMILES string of the molecule is O=S(=O)(Nc1c(S)cccc1C(c1ccccc1)c1ccccc1)c1ccc2oc3ccccc3c2c1. The molecule has 0 aliphatic heterocycles. The predicted octanol–water partition coefficient (Wildman–Crippen LogP) is 7.86. The molecule has 37 heavy (non-hydrogen) atoms. The maximum Gasteiger partial charge on any atom is 0.261 e. The monoisotopic (exact) mass is 521 g/mol. The summed E-state index contributed by atoms with van der Waals surface area (Å²) in [6, 6.07) is 38.3. The second kappa shape index (κ2) is 9.47. The lowest BCUT2D eigenvalue weighted by Crippen LogP contribution is -2.16. The molecule has 0 radical (unpaired) electrons. The maximum atomic E-state index is 13.7. The van der Waals surface area contributed by atoms with E-state index in [9.17, 15) is 8.42 Å². The summed E-state index contributed by atoms with van der Waals surface area (Å²) in [5.41, 5.74) is 4.75. The van der Waals surface area contributed by atoms with Crippen LogP contribution in [0.2, 0.25) is 0 Å². The van der Waals surface area contributed by atoms with Gasteiger partial charge in [0.25, 0.3) is 10.0 Å². The van der Waals surface area contributed by atoms with Gasteiger partial charge in [-0.1, -0.05) is 91.0 Å². The Bertz CT molecular complexity index is 1790. The van der Waals surface area contributed by atoms with E-state index in [2.05, 4.69) is 41.6 Å². The van der Waals surface area contributed by atoms with Crippen LogP contribution in [0.5, 0.6) is 0 Å². The summed E-state index contributed by atoms with van der Waals surface area (Å²) in [7, 11) is -3.93. The Kier molecular flexibility index (Phi) is 5.99. The molecule has 182 valence electrons. The van der Waals surface area contributed by atoms with Crippen LogP contribution in [0.25, 0.3) is 21.9 Å². The Labute approximate surface area is 221 Å². The third-order valence-corrected chi connectivity index (χ3v) is 8.27. The largest absolute Gasteiger partial charge is 0.456 e. The fraction of sp³-hybridized carbons (Fsp3) is 0.0323. The van der Waals surface area contributed by atoms with Crippen molar-refractivity contribution in [2.75, 3.05) is 4.72 Å². The van der Waals surface area contributed by atoms with Crippen molar-refractivity contribution in [2.24, 2.45) is 0 Å². The second-order valence-corrected chi connectivity index (χ2v) is 11.0. The predicted molar refractivity (Wildman–Crippen MR) is 152 cm³/mol. The molecule has 0 amide bonds. The molecule has 6 rings (SSSR count). The topological polar surface area (TPSA) is 59.3 Å². The Hall–Kier alpha value is -4.00. The molecule has 1 aromatic heterocycles. The van der Waals surface area contributed by atoms with Crippen LogP contribution in [-0.4, -0.2) is 8.42 Å². The quantitative estimate of drug-likeness (QED) is 0.173. The summed E-state index contributed by atoms with van der Waals surface area (Å²) in [5, 5.41) is 1.63. The van der Waals surface area contributed by atoms with E-state index in [1.807, 2.05) is 72.8 Å². The van der Waals surface area contributed by atoms with Gasteiger partial charge in [0.15, 0.2) is 0 Å². The van der Waals surface area contributed by atoms with Crippen molar-refractivity contribution in [3.63, 3.8) is 0 Å². The fourth-order valence-electron chi connectivity index (χ4n) is 4.82. The van der Waals surface area contributed by atoms with Gasteiger partial charge in [-0.05, 0) is 47.0 Å². The van der Waals surface area contributed by atoms with Gasteiger partial charge in [-0.15, -0.1) is 12.6 Å². The third-order valence-electron chi connectivity index (χ3n) is 6.55. The summed E-state index contributed by atoms with van der Waals surface area (Å²) in [6.45, 7) is 0. The van der Waals surface area contributed by atoms with Crippen LogP contribution in [-0.2, 0) is 10.0 Å². The first-order valence-corrected chi connectivity index (χ1v) is 13.8. The summed E-state index contributed by atoms with van der Waals surface area (Å²) in [5.74, 6) is -0.188. The lowest BCUT2D eigenvalue weighted by molar-refractivity contribution is 0.601. The minimum absolute atomic E-state index is 0.157. The minimum Gasteiger partial charge on any atom is -0.456 e. The van der Waals surface area contributed by atoms with E-state index in [4.69, 9.17) is 4.42 Å². The molecule has 1 N–H and O–H groups in total. The van der Waals surface area contributed by atoms with E-state index in [0.717, 1.165) is 33.0 Å². The van der Waals surface area contributed by atoms with Crippen molar-refractivity contribution in [2.45, 2.75) is 15.7 Å². The summed E-state index contributed by atoms with van der Waals surface area (Å²) in [6.07, 6.45) is 0. The number of thiol groups is 1. The number of fused-ring (bicyclic) bond motifs is 3. The molecule has 0 fully saturated rings. The molecule has 0 aliphatic carbocycles. The van der Waals surface area contributed by atoms with E-state index in [1.54, 1.807) is 24.3 Å². The molecule has 0 atom stereocenters. The standard InChI is InChI=1S/C31H23NO3S2/c33-37(34,23-18-19-28-26(20-23)24-14-7-8-16-27(24)35-28)32-31-25(15-9-17-29(31)36)30(21-10-3-1-4-11-21)22-12-5-2-6-13-22/h1-20,30,32,36H. The van der Waals surface area contributed by atoms with Crippen LogP contribution in [0, 0.1) is 0 Å². The van der Waals surface area contributed by atoms with Crippen LogP contribution < -0.4 is 4.72 Å². The average molecular weight is 522 g/mol. The van der Waals surface area contributed by atoms with Crippen molar-refractivity contribution in [3.8, 4) is 0 Å². The molecule has 0 unspecified atom stereocenters. The normalized spacial score (nSPS) is 11.8. The highest BCUT2D eigenvalue weighted by molar-refractivity contribution is 7.92. The van der Waals surface area contributed by atoms with Crippen LogP contribution >= 0.6 is 12.6 Å². The molecule has 0 aliphatic rings. The van der Waals surface area contributed by atoms with Crippen molar-refractivity contribution in [1.29, 1.82) is 0 Å². The van der Waals surface area contributed by atoms with Crippen LogP contribution in [0.4, 0.5) is 5.69 Å². The van der Waals surface area contributed by atoms with Gasteiger partial charge in [-0.3, -0.25) is 4.72 Å². The first-order valence-electron chi connectivity index (χ1n) is 11.9. The average Bonchev–Trinajstić information content (AvgIpc) is 3.30. The minimum atomic E-state index is -3.93. The number of rotatable bonds is 6. The van der Waals surface area contributed by atoms with E-state index < -0.39 is 10.0 Å². The number of benzene rings is 5. The first-order chi connectivity index (χ1) is 18.0. The molecule has 0 saturated heterocycles. The zero-order valence-electron chi connectivity index (χ0n) is 19.7. The molecule has 0 bridgehead atoms. The number of para-hydroxylation sites is 2. The molecule has 6 heteroatoms. The highest BCUT2D eigenvalue weighted by atomic mass is 32.2. The Morgan fingerprint density at radius 1 is 0.649 bits per heavy atom. The van der Waals surface area contributed by atoms with Gasteiger partial charge in [0.2, 0.25) is 0 Å². The van der Waals surface area contributed by atoms with E-state index in [-0.39, 0.29) is 10.8 Å². The highest BCUT2D eigenvalue weighted by Crippen LogP contribution is 2.40. The smallest absolute Gasteiger partial charge is 0.261 e. The zero-order chi connectivity index (χ0) is 25.4. The summed E-state index contributed by atoms with van der Waals surface area (Å²) < 4.78 is 36.2. The van der Waals surface area contributed by atoms with E-state index in [0.29, 0.717) is 16.2 Å². The van der Waals surface area contributed by atoms with Gasteiger partial charge in [0.1, 0.15) is 11.2 Å². The summed E-state index contributed by atoms with van der Waals surface area (Å²) >= 11 is 4.67. The van der Waals surface area contributed by atoms with Gasteiger partial charge in [0, 0.05) is 21.6 Å². The van der Waals surface area contributed by atoms with Crippen LogP contribution in [0.1, 0.15) is 22.6 Å². The summed E-state index contributed by atoms with van der Waals surface area (Å²) in [4.78, 5) is 0.706. The number of sulfonamides is 1. The van der Waals surface area contributed by atoms with Crippen molar-refractivity contribution in [3.05, 3.63) is 138 Å². The van der Waals surface area contributed by atoms with Crippen LogP contribution in [0.15, 0.2) is 136 Å². The molecule has 4 nitrogen and oxygen atoms in total. The van der Waals surface area contributed by atoms with Gasteiger partial charge in [-0.2, -0.15) is 0 Å². The zero-order valence-corrected chi connectivity index (χ0v) is 21.4. The molecule has 0 spiro atoms. The first kappa shape index (κ1) is 23.4.